The van der Waals surface area contributed by atoms with Gasteiger partial charge in [-0.25, -0.2) is 4.98 Å². The van der Waals surface area contributed by atoms with Crippen LogP contribution in [-0.2, 0) is 12.8 Å². The largest absolute Gasteiger partial charge is 0.369 e. The molecule has 0 atom stereocenters. The number of hydrogen-bond acceptors (Lipinski definition) is 4. The van der Waals surface area contributed by atoms with Crippen LogP contribution in [0, 0.1) is 11.8 Å². The topological polar surface area (TPSA) is 57.3 Å². The summed E-state index contributed by atoms with van der Waals surface area (Å²) in [6.45, 7) is 3.82. The van der Waals surface area contributed by atoms with Gasteiger partial charge in [0.1, 0.15) is 5.82 Å². The van der Waals surface area contributed by atoms with Crippen molar-refractivity contribution in [1.29, 1.82) is 0 Å². The Balaban J connectivity index is 1.56. The van der Waals surface area contributed by atoms with Crippen LogP contribution in [-0.4, -0.2) is 49.0 Å². The van der Waals surface area contributed by atoms with Gasteiger partial charge in [0, 0.05) is 38.3 Å². The van der Waals surface area contributed by atoms with E-state index in [2.05, 4.69) is 28.6 Å². The molecule has 2 saturated carbocycles. The molecule has 0 saturated heterocycles. The van der Waals surface area contributed by atoms with Crippen LogP contribution in [0.2, 0.25) is 0 Å². The Labute approximate surface area is 144 Å². The maximum absolute atomic E-state index is 12.7. The summed E-state index contributed by atoms with van der Waals surface area (Å²) in [6, 6.07) is 2.10. The summed E-state index contributed by atoms with van der Waals surface area (Å²) in [6.07, 6.45) is 7.04. The SMILES string of the molecule is CN1CCc2cc(C(=O)NCC3CC3)c(NCC3CC3)nc2CC1. The second-order valence-electron chi connectivity index (χ2n) is 7.77. The first-order valence-electron chi connectivity index (χ1n) is 9.42. The second-order valence-corrected chi connectivity index (χ2v) is 7.77. The molecule has 24 heavy (non-hydrogen) atoms. The average molecular weight is 328 g/mol. The zero-order valence-electron chi connectivity index (χ0n) is 14.6. The highest BCUT2D eigenvalue weighted by Gasteiger charge is 2.26. The number of nitrogens with zero attached hydrogens (tertiary/aromatic N) is 2. The van der Waals surface area contributed by atoms with Gasteiger partial charge in [0.2, 0.25) is 0 Å². The van der Waals surface area contributed by atoms with Crippen molar-refractivity contribution in [3.63, 3.8) is 0 Å². The van der Waals surface area contributed by atoms with Gasteiger partial charge in [0.15, 0.2) is 0 Å². The summed E-state index contributed by atoms with van der Waals surface area (Å²) in [7, 11) is 2.15. The van der Waals surface area contributed by atoms with Crippen LogP contribution in [0.3, 0.4) is 0 Å². The third-order valence-electron chi connectivity index (χ3n) is 5.43. The van der Waals surface area contributed by atoms with E-state index in [1.807, 2.05) is 0 Å². The van der Waals surface area contributed by atoms with Gasteiger partial charge in [-0.3, -0.25) is 4.79 Å². The van der Waals surface area contributed by atoms with Crippen molar-refractivity contribution in [1.82, 2.24) is 15.2 Å². The van der Waals surface area contributed by atoms with Gasteiger partial charge in [-0.15, -0.1) is 0 Å². The van der Waals surface area contributed by atoms with E-state index in [-0.39, 0.29) is 5.91 Å². The first-order chi connectivity index (χ1) is 11.7. The molecule has 0 bridgehead atoms. The minimum Gasteiger partial charge on any atom is -0.369 e. The summed E-state index contributed by atoms with van der Waals surface area (Å²) >= 11 is 0. The van der Waals surface area contributed by atoms with Crippen molar-refractivity contribution in [2.75, 3.05) is 38.5 Å². The van der Waals surface area contributed by atoms with Crippen LogP contribution >= 0.6 is 0 Å². The van der Waals surface area contributed by atoms with Crippen molar-refractivity contribution in [3.8, 4) is 0 Å². The fraction of sp³-hybridized carbons (Fsp3) is 0.684. The molecule has 2 heterocycles. The molecule has 5 nitrogen and oxygen atoms in total. The molecule has 4 rings (SSSR count). The quantitative estimate of drug-likeness (QED) is 0.839. The summed E-state index contributed by atoms with van der Waals surface area (Å²) in [5.74, 6) is 2.28. The number of rotatable bonds is 6. The van der Waals surface area contributed by atoms with E-state index >= 15 is 0 Å². The predicted octanol–water partition coefficient (Wildman–Crippen LogP) is 2.07. The molecule has 0 spiro atoms. The Bertz CT molecular complexity index is 622. The van der Waals surface area contributed by atoms with Crippen molar-refractivity contribution in [2.45, 2.75) is 38.5 Å². The van der Waals surface area contributed by atoms with E-state index in [1.165, 1.54) is 31.2 Å². The minimum atomic E-state index is 0.0353. The van der Waals surface area contributed by atoms with E-state index in [0.29, 0.717) is 5.92 Å². The van der Waals surface area contributed by atoms with Crippen LogP contribution in [0.1, 0.15) is 47.3 Å². The van der Waals surface area contributed by atoms with Crippen molar-refractivity contribution in [2.24, 2.45) is 11.8 Å². The third kappa shape index (κ3) is 3.89. The molecule has 1 aliphatic heterocycles. The van der Waals surface area contributed by atoms with Crippen molar-refractivity contribution >= 4 is 11.7 Å². The van der Waals surface area contributed by atoms with Gasteiger partial charge in [-0.05, 0) is 62.6 Å². The normalized spacial score (nSPS) is 21.0. The van der Waals surface area contributed by atoms with E-state index in [9.17, 15) is 4.79 Å². The Morgan fingerprint density at radius 2 is 1.88 bits per heavy atom. The maximum Gasteiger partial charge on any atom is 0.255 e. The molecule has 2 aliphatic carbocycles. The summed E-state index contributed by atoms with van der Waals surface area (Å²) in [5, 5.41) is 6.56. The summed E-state index contributed by atoms with van der Waals surface area (Å²) < 4.78 is 0. The zero-order chi connectivity index (χ0) is 16.5. The maximum atomic E-state index is 12.7. The highest BCUT2D eigenvalue weighted by molar-refractivity contribution is 5.99. The van der Waals surface area contributed by atoms with Crippen LogP contribution in [0.4, 0.5) is 5.82 Å². The number of nitrogens with one attached hydrogen (secondary N) is 2. The standard InChI is InChI=1S/C19H28N4O/c1-23-8-6-15-10-16(19(24)21-12-14-4-5-14)18(20-11-13-2-3-13)22-17(15)7-9-23/h10,13-14H,2-9,11-12H2,1H3,(H,20,22)(H,21,24). The Hall–Kier alpha value is -1.62. The molecule has 0 aromatic carbocycles. The molecule has 0 radical (unpaired) electrons. The number of pyridine rings is 1. The Morgan fingerprint density at radius 1 is 1.17 bits per heavy atom. The molecule has 1 amide bonds. The molecular formula is C19H28N4O. The zero-order valence-corrected chi connectivity index (χ0v) is 14.6. The number of aromatic nitrogens is 1. The number of amides is 1. The van der Waals surface area contributed by atoms with E-state index in [0.717, 1.165) is 62.0 Å². The Kier molecular flexibility index (Phi) is 4.44. The highest BCUT2D eigenvalue weighted by Crippen LogP contribution is 2.30. The third-order valence-corrected chi connectivity index (χ3v) is 5.43. The number of anilines is 1. The van der Waals surface area contributed by atoms with Crippen LogP contribution in [0.15, 0.2) is 6.07 Å². The van der Waals surface area contributed by atoms with Gasteiger partial charge in [-0.1, -0.05) is 0 Å². The fourth-order valence-electron chi connectivity index (χ4n) is 3.27. The van der Waals surface area contributed by atoms with Gasteiger partial charge in [0.05, 0.1) is 5.56 Å². The molecule has 5 heteroatoms. The monoisotopic (exact) mass is 328 g/mol. The first kappa shape index (κ1) is 15.9. The smallest absolute Gasteiger partial charge is 0.255 e. The van der Waals surface area contributed by atoms with Gasteiger partial charge in [0.25, 0.3) is 5.91 Å². The molecule has 1 aromatic rings. The van der Waals surface area contributed by atoms with Gasteiger partial charge in [-0.2, -0.15) is 0 Å². The lowest BCUT2D eigenvalue weighted by atomic mass is 10.0. The lowest BCUT2D eigenvalue weighted by Crippen LogP contribution is -2.27. The number of carbonyl (C=O) groups is 1. The molecule has 0 unspecified atom stereocenters. The van der Waals surface area contributed by atoms with E-state index in [1.54, 1.807) is 0 Å². The van der Waals surface area contributed by atoms with Gasteiger partial charge >= 0.3 is 0 Å². The van der Waals surface area contributed by atoms with Crippen LogP contribution in [0.25, 0.3) is 0 Å². The second kappa shape index (κ2) is 6.71. The van der Waals surface area contributed by atoms with Crippen LogP contribution in [0.5, 0.6) is 0 Å². The average Bonchev–Trinajstić information content (AvgIpc) is 3.47. The Morgan fingerprint density at radius 3 is 2.62 bits per heavy atom. The predicted molar refractivity (Wildman–Crippen MR) is 95.4 cm³/mol. The summed E-state index contributed by atoms with van der Waals surface area (Å²) in [4.78, 5) is 19.9. The lowest BCUT2D eigenvalue weighted by molar-refractivity contribution is 0.0952. The minimum absolute atomic E-state index is 0.0353. The van der Waals surface area contributed by atoms with Crippen LogP contribution < -0.4 is 10.6 Å². The fourth-order valence-corrected chi connectivity index (χ4v) is 3.27. The first-order valence-corrected chi connectivity index (χ1v) is 9.42. The number of fused-ring (bicyclic) bond motifs is 1. The number of likely N-dealkylation sites (N-methyl/N-ethyl adjacent to an activating group) is 1. The van der Waals surface area contributed by atoms with Crippen molar-refractivity contribution < 1.29 is 4.79 Å². The molecule has 1 aromatic heterocycles. The molecule has 2 N–H and O–H groups in total. The lowest BCUT2D eigenvalue weighted by Gasteiger charge is -2.15. The number of carbonyl (C=O) groups excluding carboxylic acids is 1. The van der Waals surface area contributed by atoms with Crippen molar-refractivity contribution in [3.05, 3.63) is 22.9 Å². The number of hydrogen-bond donors (Lipinski definition) is 2. The highest BCUT2D eigenvalue weighted by atomic mass is 16.1. The molecular weight excluding hydrogens is 300 g/mol. The molecule has 2 fully saturated rings. The molecule has 130 valence electrons. The molecule has 3 aliphatic rings. The van der Waals surface area contributed by atoms with E-state index < -0.39 is 0 Å². The van der Waals surface area contributed by atoms with E-state index in [4.69, 9.17) is 4.98 Å². The summed E-state index contributed by atoms with van der Waals surface area (Å²) in [5.41, 5.74) is 3.14. The van der Waals surface area contributed by atoms with Gasteiger partial charge < -0.3 is 15.5 Å².